The molecule has 1 aliphatic rings. The molecule has 0 saturated carbocycles. The predicted octanol–water partition coefficient (Wildman–Crippen LogP) is 5.16. The maximum Gasteiger partial charge on any atom is 0.175 e. The van der Waals surface area contributed by atoms with E-state index in [4.69, 9.17) is 37.4 Å². The van der Waals surface area contributed by atoms with Crippen molar-refractivity contribution in [2.45, 2.75) is 19.6 Å². The zero-order valence-electron chi connectivity index (χ0n) is 17.1. The molecule has 0 spiro atoms. The van der Waals surface area contributed by atoms with Crippen LogP contribution < -0.4 is 14.8 Å². The molecule has 1 saturated heterocycles. The number of ether oxygens (including phenoxy) is 3. The average molecular weight is 518 g/mol. The van der Waals surface area contributed by atoms with Gasteiger partial charge in [0.2, 0.25) is 0 Å². The molecule has 8 heteroatoms. The molecule has 0 amide bonds. The lowest BCUT2D eigenvalue weighted by Gasteiger charge is -2.26. The molecule has 0 aliphatic carbocycles. The first-order valence-electron chi connectivity index (χ1n) is 10.0. The third-order valence-corrected chi connectivity index (χ3v) is 6.27. The van der Waals surface area contributed by atoms with E-state index in [1.165, 1.54) is 0 Å². The molecule has 0 radical (unpaired) electrons. The molecule has 164 valence electrons. The highest BCUT2D eigenvalue weighted by molar-refractivity contribution is 9.10. The molecule has 3 rings (SSSR count). The minimum absolute atomic E-state index is 0.257. The monoisotopic (exact) mass is 516 g/mol. The predicted molar refractivity (Wildman–Crippen MR) is 125 cm³/mol. The van der Waals surface area contributed by atoms with Gasteiger partial charge in [-0.15, -0.1) is 0 Å². The summed E-state index contributed by atoms with van der Waals surface area (Å²) in [5.41, 5.74) is 1.87. The summed E-state index contributed by atoms with van der Waals surface area (Å²) >= 11 is 16.1. The Hall–Kier alpha value is -1.02. The number of nitrogens with one attached hydrogen (secondary N) is 1. The van der Waals surface area contributed by atoms with Gasteiger partial charge in [-0.05, 0) is 65.3 Å². The molecule has 1 heterocycles. The van der Waals surface area contributed by atoms with Crippen molar-refractivity contribution in [1.82, 2.24) is 10.2 Å². The summed E-state index contributed by atoms with van der Waals surface area (Å²) in [6.45, 7) is 6.83. The van der Waals surface area contributed by atoms with Gasteiger partial charge in [-0.1, -0.05) is 29.3 Å². The van der Waals surface area contributed by atoms with E-state index in [0.29, 0.717) is 21.5 Å². The van der Waals surface area contributed by atoms with Crippen LogP contribution in [0.25, 0.3) is 0 Å². The number of morpholine rings is 1. The molecule has 30 heavy (non-hydrogen) atoms. The Labute approximate surface area is 196 Å². The van der Waals surface area contributed by atoms with Crippen LogP contribution >= 0.6 is 39.1 Å². The van der Waals surface area contributed by atoms with Crippen LogP contribution in [0.5, 0.6) is 11.5 Å². The maximum absolute atomic E-state index is 6.24. The van der Waals surface area contributed by atoms with Gasteiger partial charge in [-0.2, -0.15) is 0 Å². The molecule has 5 nitrogen and oxygen atoms in total. The van der Waals surface area contributed by atoms with Crippen LogP contribution in [0.4, 0.5) is 0 Å². The van der Waals surface area contributed by atoms with Crippen LogP contribution in [-0.2, 0) is 17.9 Å². The number of hydrogen-bond acceptors (Lipinski definition) is 5. The summed E-state index contributed by atoms with van der Waals surface area (Å²) in [4.78, 5) is 2.45. The van der Waals surface area contributed by atoms with Crippen molar-refractivity contribution in [3.05, 3.63) is 56.0 Å². The highest BCUT2D eigenvalue weighted by Crippen LogP contribution is 2.38. The second kappa shape index (κ2) is 12.1. The molecule has 2 aromatic rings. The Balaban J connectivity index is 1.53. The maximum atomic E-state index is 6.24. The number of rotatable bonds is 10. The van der Waals surface area contributed by atoms with Crippen molar-refractivity contribution in [2.24, 2.45) is 0 Å². The van der Waals surface area contributed by atoms with Gasteiger partial charge < -0.3 is 19.5 Å². The molecule has 1 aliphatic heterocycles. The number of hydrogen-bond donors (Lipinski definition) is 1. The van der Waals surface area contributed by atoms with Gasteiger partial charge >= 0.3 is 0 Å². The lowest BCUT2D eigenvalue weighted by Crippen LogP contribution is -2.37. The topological polar surface area (TPSA) is 43.0 Å². The zero-order valence-corrected chi connectivity index (χ0v) is 20.2. The fourth-order valence-corrected chi connectivity index (χ4v) is 4.43. The molecule has 1 fully saturated rings. The fourth-order valence-electron chi connectivity index (χ4n) is 3.32. The van der Waals surface area contributed by atoms with Crippen molar-refractivity contribution in [2.75, 3.05) is 46.5 Å². The Bertz CT molecular complexity index is 812. The van der Waals surface area contributed by atoms with Crippen molar-refractivity contribution in [3.8, 4) is 11.5 Å². The lowest BCUT2D eigenvalue weighted by molar-refractivity contribution is 0.0374. The molecule has 2 aromatic carbocycles. The van der Waals surface area contributed by atoms with Gasteiger partial charge in [0.05, 0.1) is 24.8 Å². The summed E-state index contributed by atoms with van der Waals surface area (Å²) in [7, 11) is 1.64. The van der Waals surface area contributed by atoms with Gasteiger partial charge in [-0.3, -0.25) is 4.90 Å². The highest BCUT2D eigenvalue weighted by atomic mass is 79.9. The average Bonchev–Trinajstić information content (AvgIpc) is 2.74. The molecule has 0 aromatic heterocycles. The van der Waals surface area contributed by atoms with Crippen LogP contribution in [0, 0.1) is 0 Å². The summed E-state index contributed by atoms with van der Waals surface area (Å²) in [6.07, 6.45) is 1.11. The molecular weight excluding hydrogens is 491 g/mol. The second-order valence-electron chi connectivity index (χ2n) is 7.08. The van der Waals surface area contributed by atoms with E-state index in [2.05, 4.69) is 26.1 Å². The molecule has 0 atom stereocenters. The van der Waals surface area contributed by atoms with Crippen LogP contribution in [0.2, 0.25) is 10.0 Å². The van der Waals surface area contributed by atoms with E-state index in [-0.39, 0.29) is 6.61 Å². The number of halogens is 3. The van der Waals surface area contributed by atoms with E-state index in [1.807, 2.05) is 18.2 Å². The van der Waals surface area contributed by atoms with Crippen molar-refractivity contribution in [1.29, 1.82) is 0 Å². The molecule has 1 N–H and O–H groups in total. The normalized spacial score (nSPS) is 14.7. The minimum Gasteiger partial charge on any atom is -0.493 e. The van der Waals surface area contributed by atoms with E-state index in [0.717, 1.165) is 68.0 Å². The third kappa shape index (κ3) is 6.74. The third-order valence-electron chi connectivity index (χ3n) is 4.97. The van der Waals surface area contributed by atoms with Crippen LogP contribution in [0.1, 0.15) is 17.5 Å². The lowest BCUT2D eigenvalue weighted by atomic mass is 10.2. The SMILES string of the molecule is COc1cc(CNCCCN2CCOCC2)cc(Br)c1OCc1c(Cl)cccc1Cl. The van der Waals surface area contributed by atoms with E-state index in [9.17, 15) is 0 Å². The highest BCUT2D eigenvalue weighted by Gasteiger charge is 2.14. The Morgan fingerprint density at radius 3 is 2.60 bits per heavy atom. The Morgan fingerprint density at radius 1 is 1.17 bits per heavy atom. The standard InChI is InChI=1S/C22H27BrCl2N2O3/c1-28-21-13-16(14-26-6-3-7-27-8-10-29-11-9-27)12-18(23)22(21)30-15-17-19(24)4-2-5-20(17)25/h2,4-5,12-13,26H,3,6-11,14-15H2,1H3. The Kier molecular flexibility index (Phi) is 9.56. The Morgan fingerprint density at radius 2 is 1.90 bits per heavy atom. The summed E-state index contributed by atoms with van der Waals surface area (Å²) in [6, 6.07) is 9.44. The second-order valence-corrected chi connectivity index (χ2v) is 8.75. The molecular formula is C22H27BrCl2N2O3. The molecule has 0 bridgehead atoms. The van der Waals surface area contributed by atoms with Gasteiger partial charge in [0.15, 0.2) is 11.5 Å². The number of nitrogens with zero attached hydrogens (tertiary/aromatic N) is 1. The van der Waals surface area contributed by atoms with Gasteiger partial charge in [0.25, 0.3) is 0 Å². The van der Waals surface area contributed by atoms with Crippen LogP contribution in [0.3, 0.4) is 0 Å². The smallest absolute Gasteiger partial charge is 0.175 e. The van der Waals surface area contributed by atoms with Crippen LogP contribution in [-0.4, -0.2) is 51.4 Å². The first-order chi connectivity index (χ1) is 14.6. The van der Waals surface area contributed by atoms with E-state index >= 15 is 0 Å². The first kappa shape index (κ1) is 23.6. The van der Waals surface area contributed by atoms with Gasteiger partial charge in [-0.25, -0.2) is 0 Å². The quantitative estimate of drug-likeness (QED) is 0.441. The fraction of sp³-hybridized carbons (Fsp3) is 0.455. The van der Waals surface area contributed by atoms with Gasteiger partial charge in [0.1, 0.15) is 6.61 Å². The van der Waals surface area contributed by atoms with Crippen LogP contribution in [0.15, 0.2) is 34.8 Å². The van der Waals surface area contributed by atoms with Crippen molar-refractivity contribution < 1.29 is 14.2 Å². The summed E-state index contributed by atoms with van der Waals surface area (Å²) in [5.74, 6) is 1.29. The zero-order chi connectivity index (χ0) is 21.3. The van der Waals surface area contributed by atoms with Crippen molar-refractivity contribution >= 4 is 39.1 Å². The number of methoxy groups -OCH3 is 1. The minimum atomic E-state index is 0.257. The summed E-state index contributed by atoms with van der Waals surface area (Å²) in [5, 5.41) is 4.66. The number of benzene rings is 2. The van der Waals surface area contributed by atoms with E-state index in [1.54, 1.807) is 19.2 Å². The van der Waals surface area contributed by atoms with Crippen molar-refractivity contribution in [3.63, 3.8) is 0 Å². The molecule has 0 unspecified atom stereocenters. The summed E-state index contributed by atoms with van der Waals surface area (Å²) < 4.78 is 17.8. The largest absolute Gasteiger partial charge is 0.493 e. The van der Waals surface area contributed by atoms with Gasteiger partial charge in [0, 0.05) is 35.2 Å². The first-order valence-corrected chi connectivity index (χ1v) is 11.6. The van der Waals surface area contributed by atoms with E-state index < -0.39 is 0 Å².